The average molecular weight is 843 g/mol. The lowest BCUT2D eigenvalue weighted by Gasteiger charge is -2.64. The van der Waals surface area contributed by atoms with Gasteiger partial charge in [-0.2, -0.15) is 0 Å². The van der Waals surface area contributed by atoms with Gasteiger partial charge in [0.25, 0.3) is 0 Å². The number of esters is 1. The van der Waals surface area contributed by atoms with E-state index in [1.807, 2.05) is 0 Å². The van der Waals surface area contributed by atoms with Crippen LogP contribution in [0.1, 0.15) is 85.0 Å². The number of fused-ring (bicyclic) bond motifs is 5. The fourth-order valence-electron chi connectivity index (χ4n) is 12.8. The van der Waals surface area contributed by atoms with Crippen LogP contribution in [0.2, 0.25) is 0 Å². The summed E-state index contributed by atoms with van der Waals surface area (Å²) in [4.78, 5) is 11.9. The number of carbonyl (C=O) groups is 1. The number of hydrogen-bond donors (Lipinski definition) is 8. The Bertz CT molecular complexity index is 1530. The second-order valence-electron chi connectivity index (χ2n) is 19.3. The zero-order valence-electron chi connectivity index (χ0n) is 34.5. The first-order valence-electron chi connectivity index (χ1n) is 21.7. The van der Waals surface area contributed by atoms with Gasteiger partial charge in [0.05, 0.1) is 37.1 Å². The van der Waals surface area contributed by atoms with Gasteiger partial charge in [0, 0.05) is 25.0 Å². The molecule has 4 aliphatic carbocycles. The Morgan fingerprint density at radius 1 is 0.729 bits per heavy atom. The standard InChI is InChI=1S/C42H66O17/c1-19-31(44)26(52-4)15-30(56-19)54-17-27-32(45)34(47)36(49)38(58-27)55-18-28-33(46)35(48)37(50)39(59-28)57-22-7-10-40(2)21(14-22)5-6-25-24(40)8-11-41(3)23(9-12-42(25,41)51)20-13-29(43)53-16-20/h13,19,21-28,30-39,44-51H,5-12,14-18H2,1-4H3/t19-,21-,22-,23-,24+,25-,26-,27+,28-,30-,31+,32+,33-,34+,35+,36+,37-,38+,39-,40+,41-,42-/m0/s1. The van der Waals surface area contributed by atoms with E-state index < -0.39 is 98.2 Å². The molecule has 17 heteroatoms. The molecule has 4 aliphatic heterocycles. The molecule has 336 valence electrons. The van der Waals surface area contributed by atoms with Crippen LogP contribution in [-0.2, 0) is 42.7 Å². The number of aliphatic hydroxyl groups is 8. The topological polar surface area (TPSA) is 253 Å². The Balaban J connectivity index is 0.861. The first-order valence-corrected chi connectivity index (χ1v) is 21.7. The fraction of sp³-hybridized carbons (Fsp3) is 0.929. The van der Waals surface area contributed by atoms with E-state index in [4.69, 9.17) is 37.9 Å². The molecule has 7 fully saturated rings. The number of aliphatic hydroxyl groups excluding tert-OH is 7. The first-order chi connectivity index (χ1) is 28.0. The average Bonchev–Trinajstić information content (AvgIpc) is 3.77. The quantitative estimate of drug-likeness (QED) is 0.105. The van der Waals surface area contributed by atoms with E-state index >= 15 is 0 Å². The Kier molecular flexibility index (Phi) is 12.7. The highest BCUT2D eigenvalue weighted by Gasteiger charge is 2.68. The third kappa shape index (κ3) is 7.75. The smallest absolute Gasteiger partial charge is 0.331 e. The molecule has 0 aromatic heterocycles. The maximum atomic E-state index is 12.6. The molecule has 4 heterocycles. The molecule has 3 saturated heterocycles. The fourth-order valence-corrected chi connectivity index (χ4v) is 12.8. The molecular formula is C42H66O17. The Morgan fingerprint density at radius 3 is 2.08 bits per heavy atom. The van der Waals surface area contributed by atoms with Gasteiger partial charge in [0.15, 0.2) is 18.9 Å². The molecule has 8 rings (SSSR count). The SMILES string of the molecule is CO[C@H]1C[C@@H](OC[C@H]2O[C@@H](OC[C@@H]3O[C@H](O[C@H]4CC[C@]5(C)[C@@H](CC[C@H]6[C@H]5CC[C@@]5(C)[C@H](C7=CC(=O)OC7)CC[C@]65O)C4)[C@@H](O)[C@H](O)[C@H]3O)[C@H](O)[C@H](O)[C@@H]2O)O[C@@H](C)[C@H]1O. The summed E-state index contributed by atoms with van der Waals surface area (Å²) in [5, 5.41) is 87.7. The molecule has 17 nitrogen and oxygen atoms in total. The van der Waals surface area contributed by atoms with Crippen LogP contribution in [-0.4, -0.2) is 171 Å². The largest absolute Gasteiger partial charge is 0.458 e. The molecule has 8 N–H and O–H groups in total. The normalized spacial score (nSPS) is 53.9. The second kappa shape index (κ2) is 17.0. The molecule has 0 spiro atoms. The van der Waals surface area contributed by atoms with Gasteiger partial charge >= 0.3 is 5.97 Å². The molecule has 59 heavy (non-hydrogen) atoms. The van der Waals surface area contributed by atoms with Crippen molar-refractivity contribution >= 4 is 5.97 Å². The van der Waals surface area contributed by atoms with Crippen LogP contribution in [0.5, 0.6) is 0 Å². The lowest BCUT2D eigenvalue weighted by molar-refractivity contribution is -0.342. The summed E-state index contributed by atoms with van der Waals surface area (Å²) in [6, 6.07) is 0. The molecular weight excluding hydrogens is 776 g/mol. The summed E-state index contributed by atoms with van der Waals surface area (Å²) in [5.74, 6) is 0.615. The van der Waals surface area contributed by atoms with E-state index in [9.17, 15) is 45.6 Å². The predicted octanol–water partition coefficient (Wildman–Crippen LogP) is -0.212. The highest BCUT2D eigenvalue weighted by Crippen LogP contribution is 2.70. The molecule has 0 aromatic carbocycles. The number of carbonyl (C=O) groups excluding carboxylic acids is 1. The van der Waals surface area contributed by atoms with E-state index in [-0.39, 0.29) is 47.8 Å². The van der Waals surface area contributed by atoms with Gasteiger partial charge in [-0.05, 0) is 99.4 Å². The number of hydrogen-bond acceptors (Lipinski definition) is 17. The molecule has 0 amide bonds. The van der Waals surface area contributed by atoms with Crippen molar-refractivity contribution in [2.75, 3.05) is 26.9 Å². The van der Waals surface area contributed by atoms with Gasteiger partial charge in [0.1, 0.15) is 61.5 Å². The van der Waals surface area contributed by atoms with Crippen molar-refractivity contribution in [2.45, 2.75) is 183 Å². The molecule has 4 saturated carbocycles. The third-order valence-corrected chi connectivity index (χ3v) is 16.4. The van der Waals surface area contributed by atoms with Crippen LogP contribution in [0.4, 0.5) is 0 Å². The summed E-state index contributed by atoms with van der Waals surface area (Å²) in [7, 11) is 1.47. The van der Waals surface area contributed by atoms with Crippen LogP contribution in [0, 0.1) is 34.5 Å². The van der Waals surface area contributed by atoms with Crippen molar-refractivity contribution in [2.24, 2.45) is 34.5 Å². The zero-order valence-corrected chi connectivity index (χ0v) is 34.5. The minimum absolute atomic E-state index is 0.0275. The second-order valence-corrected chi connectivity index (χ2v) is 19.3. The Hall–Kier alpha value is -1.39. The summed E-state index contributed by atoms with van der Waals surface area (Å²) in [6.45, 7) is 5.86. The van der Waals surface area contributed by atoms with Gasteiger partial charge in [-0.15, -0.1) is 0 Å². The van der Waals surface area contributed by atoms with Crippen molar-refractivity contribution in [1.82, 2.24) is 0 Å². The summed E-state index contributed by atoms with van der Waals surface area (Å²) in [6.07, 6.45) is -8.63. The minimum atomic E-state index is -1.69. The minimum Gasteiger partial charge on any atom is -0.458 e. The van der Waals surface area contributed by atoms with Gasteiger partial charge in [-0.25, -0.2) is 4.79 Å². The van der Waals surface area contributed by atoms with Crippen molar-refractivity contribution in [1.29, 1.82) is 0 Å². The van der Waals surface area contributed by atoms with Gasteiger partial charge in [-0.3, -0.25) is 0 Å². The van der Waals surface area contributed by atoms with Gasteiger partial charge in [0.2, 0.25) is 0 Å². The Morgan fingerprint density at radius 2 is 1.41 bits per heavy atom. The maximum Gasteiger partial charge on any atom is 0.331 e. The molecule has 8 aliphatic rings. The lowest BCUT2D eigenvalue weighted by atomic mass is 9.43. The van der Waals surface area contributed by atoms with Crippen molar-refractivity contribution in [3.63, 3.8) is 0 Å². The van der Waals surface area contributed by atoms with Crippen molar-refractivity contribution in [3.05, 3.63) is 11.6 Å². The van der Waals surface area contributed by atoms with Crippen LogP contribution < -0.4 is 0 Å². The van der Waals surface area contributed by atoms with E-state index in [1.165, 1.54) is 7.11 Å². The summed E-state index contributed by atoms with van der Waals surface area (Å²) in [5.41, 5.74) is -0.156. The van der Waals surface area contributed by atoms with Crippen LogP contribution in [0.3, 0.4) is 0 Å². The number of cyclic esters (lactones) is 1. The molecule has 0 unspecified atom stereocenters. The zero-order chi connectivity index (χ0) is 42.2. The molecule has 22 atom stereocenters. The van der Waals surface area contributed by atoms with E-state index in [1.54, 1.807) is 13.0 Å². The van der Waals surface area contributed by atoms with Crippen LogP contribution in [0.15, 0.2) is 11.6 Å². The lowest BCUT2D eigenvalue weighted by Crippen LogP contribution is -2.63. The summed E-state index contributed by atoms with van der Waals surface area (Å²) < 4.78 is 46.1. The van der Waals surface area contributed by atoms with E-state index in [0.717, 1.165) is 44.1 Å². The molecule has 0 aromatic rings. The molecule has 0 bridgehead atoms. The van der Waals surface area contributed by atoms with Gasteiger partial charge in [-0.1, -0.05) is 13.8 Å². The highest BCUT2D eigenvalue weighted by atomic mass is 16.7. The maximum absolute atomic E-state index is 12.6. The van der Waals surface area contributed by atoms with Gasteiger partial charge < -0.3 is 78.7 Å². The molecule has 0 radical (unpaired) electrons. The first kappa shape index (κ1) is 44.2. The van der Waals surface area contributed by atoms with Crippen molar-refractivity contribution in [3.8, 4) is 0 Å². The number of ether oxygens (including phenoxy) is 8. The third-order valence-electron chi connectivity index (χ3n) is 16.4. The van der Waals surface area contributed by atoms with Crippen LogP contribution >= 0.6 is 0 Å². The van der Waals surface area contributed by atoms with Crippen LogP contribution in [0.25, 0.3) is 0 Å². The number of methoxy groups -OCH3 is 1. The predicted molar refractivity (Wildman–Crippen MR) is 202 cm³/mol. The summed E-state index contributed by atoms with van der Waals surface area (Å²) >= 11 is 0. The highest BCUT2D eigenvalue weighted by molar-refractivity contribution is 5.85. The monoisotopic (exact) mass is 842 g/mol. The Labute approximate surface area is 344 Å². The van der Waals surface area contributed by atoms with E-state index in [2.05, 4.69) is 13.8 Å². The van der Waals surface area contributed by atoms with Crippen molar-refractivity contribution < 1.29 is 83.5 Å². The van der Waals surface area contributed by atoms with E-state index in [0.29, 0.717) is 37.7 Å². The number of rotatable bonds is 10.